The molecule has 0 amide bonds. The summed E-state index contributed by atoms with van der Waals surface area (Å²) in [6.45, 7) is 0.715. The Morgan fingerprint density at radius 2 is 1.79 bits per heavy atom. The molecule has 0 radical (unpaired) electrons. The summed E-state index contributed by atoms with van der Waals surface area (Å²) in [7, 11) is -4.29. The molecule has 3 rings (SSSR count). The molecule has 0 aromatic heterocycles. The average molecular weight is 354 g/mol. The van der Waals surface area contributed by atoms with Crippen LogP contribution in [0.2, 0.25) is 0 Å². The highest BCUT2D eigenvalue weighted by Gasteiger charge is 2.27. The van der Waals surface area contributed by atoms with Crippen LogP contribution in [0.25, 0.3) is 0 Å². The van der Waals surface area contributed by atoms with E-state index >= 15 is 0 Å². The quantitative estimate of drug-likeness (QED) is 0.667. The number of nitro groups is 1. The number of rotatable bonds is 4. The summed E-state index contributed by atoms with van der Waals surface area (Å²) in [4.78, 5) is 9.38. The van der Waals surface area contributed by atoms with Gasteiger partial charge in [0.05, 0.1) is 16.7 Å². The number of anilines is 1. The van der Waals surface area contributed by atoms with Crippen molar-refractivity contribution in [1.82, 2.24) is 0 Å². The lowest BCUT2D eigenvalue weighted by Gasteiger charge is -2.19. The summed E-state index contributed by atoms with van der Waals surface area (Å²) in [5.41, 5.74) is -0.710. The maximum atomic E-state index is 13.2. The third-order valence-corrected chi connectivity index (χ3v) is 4.63. The largest absolute Gasteiger partial charge is 0.486 e. The third-order valence-electron chi connectivity index (χ3n) is 3.20. The Labute approximate surface area is 136 Å². The second-order valence-electron chi connectivity index (χ2n) is 4.83. The Kier molecular flexibility index (Phi) is 3.97. The number of nitro benzene ring substituents is 1. The number of nitrogens with one attached hydrogen (secondary N) is 1. The van der Waals surface area contributed by atoms with Crippen LogP contribution in [0.5, 0.6) is 11.5 Å². The molecule has 2 aromatic rings. The summed E-state index contributed by atoms with van der Waals surface area (Å²) < 4.78 is 50.8. The first-order chi connectivity index (χ1) is 11.4. The summed E-state index contributed by atoms with van der Waals surface area (Å²) in [5, 5.41) is 11.0. The highest BCUT2D eigenvalue weighted by molar-refractivity contribution is 7.92. The SMILES string of the molecule is O=[N+]([O-])c1cc(F)ccc1S(=O)(=O)Nc1ccc2c(c1)OCCO2. The van der Waals surface area contributed by atoms with Crippen molar-refractivity contribution < 1.29 is 27.2 Å². The lowest BCUT2D eigenvalue weighted by molar-refractivity contribution is -0.388. The molecule has 0 fully saturated rings. The van der Waals surface area contributed by atoms with Crippen LogP contribution >= 0.6 is 0 Å². The lowest BCUT2D eigenvalue weighted by Crippen LogP contribution is -2.17. The lowest BCUT2D eigenvalue weighted by atomic mass is 10.3. The van der Waals surface area contributed by atoms with Crippen LogP contribution in [-0.2, 0) is 10.0 Å². The standard InChI is InChI=1S/C14H11FN2O6S/c15-9-1-4-14(11(7-9)17(18)19)24(20,21)16-10-2-3-12-13(8-10)23-6-5-22-12/h1-4,7-8,16H,5-6H2. The second-order valence-corrected chi connectivity index (χ2v) is 6.48. The van der Waals surface area contributed by atoms with Crippen molar-refractivity contribution in [3.63, 3.8) is 0 Å². The molecule has 1 heterocycles. The van der Waals surface area contributed by atoms with Gasteiger partial charge in [0.1, 0.15) is 19.0 Å². The minimum Gasteiger partial charge on any atom is -0.486 e. The molecule has 1 aliphatic rings. The van der Waals surface area contributed by atoms with Gasteiger partial charge in [0.15, 0.2) is 16.4 Å². The van der Waals surface area contributed by atoms with Crippen molar-refractivity contribution in [2.24, 2.45) is 0 Å². The van der Waals surface area contributed by atoms with Crippen LogP contribution in [0.3, 0.4) is 0 Å². The summed E-state index contributed by atoms with van der Waals surface area (Å²) >= 11 is 0. The Morgan fingerprint density at radius 1 is 1.08 bits per heavy atom. The normalized spacial score (nSPS) is 13.4. The van der Waals surface area contributed by atoms with E-state index in [1.165, 1.54) is 18.2 Å². The highest BCUT2D eigenvalue weighted by atomic mass is 32.2. The molecule has 126 valence electrons. The number of halogens is 1. The number of hydrogen-bond acceptors (Lipinski definition) is 6. The minimum atomic E-state index is -4.29. The van der Waals surface area contributed by atoms with Gasteiger partial charge in [-0.15, -0.1) is 0 Å². The molecule has 0 spiro atoms. The topological polar surface area (TPSA) is 108 Å². The summed E-state index contributed by atoms with van der Waals surface area (Å²) in [6, 6.07) is 6.59. The van der Waals surface area contributed by atoms with Gasteiger partial charge in [-0.1, -0.05) is 0 Å². The zero-order valence-corrected chi connectivity index (χ0v) is 12.9. The first-order valence-electron chi connectivity index (χ1n) is 6.73. The van der Waals surface area contributed by atoms with E-state index in [1.54, 1.807) is 0 Å². The Hall–Kier alpha value is -2.88. The summed E-state index contributed by atoms with van der Waals surface area (Å²) in [6.07, 6.45) is 0. The molecular formula is C14H11FN2O6S. The van der Waals surface area contributed by atoms with Gasteiger partial charge in [-0.05, 0) is 24.3 Å². The monoisotopic (exact) mass is 354 g/mol. The molecule has 8 nitrogen and oxygen atoms in total. The van der Waals surface area contributed by atoms with Crippen molar-refractivity contribution in [1.29, 1.82) is 0 Å². The first kappa shape index (κ1) is 16.0. The average Bonchev–Trinajstić information content (AvgIpc) is 2.54. The van der Waals surface area contributed by atoms with Gasteiger partial charge in [-0.2, -0.15) is 0 Å². The van der Waals surface area contributed by atoms with Gasteiger partial charge in [-0.25, -0.2) is 12.8 Å². The van der Waals surface area contributed by atoms with E-state index in [0.29, 0.717) is 30.8 Å². The molecule has 24 heavy (non-hydrogen) atoms. The molecule has 0 unspecified atom stereocenters. The number of nitrogens with zero attached hydrogens (tertiary/aromatic N) is 1. The van der Waals surface area contributed by atoms with E-state index in [1.807, 2.05) is 0 Å². The molecule has 10 heteroatoms. The molecule has 0 atom stereocenters. The number of ether oxygens (including phenoxy) is 2. The van der Waals surface area contributed by atoms with Gasteiger partial charge in [-0.3, -0.25) is 14.8 Å². The fourth-order valence-corrected chi connectivity index (χ4v) is 3.38. The Morgan fingerprint density at radius 3 is 2.50 bits per heavy atom. The molecular weight excluding hydrogens is 343 g/mol. The number of benzene rings is 2. The van der Waals surface area contributed by atoms with E-state index in [2.05, 4.69) is 4.72 Å². The molecule has 0 saturated carbocycles. The zero-order chi connectivity index (χ0) is 17.3. The predicted molar refractivity (Wildman–Crippen MR) is 81.3 cm³/mol. The van der Waals surface area contributed by atoms with E-state index in [9.17, 15) is 22.9 Å². The van der Waals surface area contributed by atoms with Crippen LogP contribution in [0, 0.1) is 15.9 Å². The van der Waals surface area contributed by atoms with E-state index < -0.39 is 31.3 Å². The van der Waals surface area contributed by atoms with Crippen molar-refractivity contribution in [3.8, 4) is 11.5 Å². The Balaban J connectivity index is 1.96. The van der Waals surface area contributed by atoms with Crippen molar-refractivity contribution in [3.05, 3.63) is 52.3 Å². The van der Waals surface area contributed by atoms with Crippen LogP contribution in [0.15, 0.2) is 41.3 Å². The molecule has 0 saturated heterocycles. The highest BCUT2D eigenvalue weighted by Crippen LogP contribution is 2.34. The number of sulfonamides is 1. The maximum Gasteiger partial charge on any atom is 0.292 e. The van der Waals surface area contributed by atoms with Crippen LogP contribution in [0.4, 0.5) is 15.8 Å². The van der Waals surface area contributed by atoms with Crippen LogP contribution in [0.1, 0.15) is 0 Å². The van der Waals surface area contributed by atoms with Gasteiger partial charge >= 0.3 is 0 Å². The van der Waals surface area contributed by atoms with Gasteiger partial charge in [0.25, 0.3) is 15.7 Å². The van der Waals surface area contributed by atoms with E-state index in [0.717, 1.165) is 12.1 Å². The van der Waals surface area contributed by atoms with Crippen molar-refractivity contribution in [2.45, 2.75) is 4.90 Å². The molecule has 0 aliphatic carbocycles. The molecule has 0 bridgehead atoms. The van der Waals surface area contributed by atoms with Gasteiger partial charge < -0.3 is 9.47 Å². The third kappa shape index (κ3) is 3.08. The van der Waals surface area contributed by atoms with Crippen LogP contribution < -0.4 is 14.2 Å². The van der Waals surface area contributed by atoms with E-state index in [-0.39, 0.29) is 5.69 Å². The van der Waals surface area contributed by atoms with E-state index in [4.69, 9.17) is 9.47 Å². The molecule has 1 aliphatic heterocycles. The van der Waals surface area contributed by atoms with Crippen molar-refractivity contribution in [2.75, 3.05) is 17.9 Å². The molecule has 2 aromatic carbocycles. The molecule has 1 N–H and O–H groups in total. The minimum absolute atomic E-state index is 0.137. The first-order valence-corrected chi connectivity index (χ1v) is 8.21. The zero-order valence-electron chi connectivity index (χ0n) is 12.1. The fraction of sp³-hybridized carbons (Fsp3) is 0.143. The summed E-state index contributed by atoms with van der Waals surface area (Å²) in [5.74, 6) is -0.0769. The predicted octanol–water partition coefficient (Wildman–Crippen LogP) is 2.31. The van der Waals surface area contributed by atoms with Crippen molar-refractivity contribution >= 4 is 21.4 Å². The Bertz CT molecular complexity index is 915. The number of hydrogen-bond donors (Lipinski definition) is 1. The number of fused-ring (bicyclic) bond motifs is 1. The maximum absolute atomic E-state index is 13.2. The fourth-order valence-electron chi connectivity index (χ4n) is 2.18. The second kappa shape index (κ2) is 5.96. The van der Waals surface area contributed by atoms with Crippen LogP contribution in [-0.4, -0.2) is 26.6 Å². The smallest absolute Gasteiger partial charge is 0.292 e. The van der Waals surface area contributed by atoms with Gasteiger partial charge in [0.2, 0.25) is 0 Å². The van der Waals surface area contributed by atoms with Gasteiger partial charge in [0, 0.05) is 6.07 Å².